The first kappa shape index (κ1) is 9.28. The molecule has 0 bridgehead atoms. The number of hydrogen-bond donors (Lipinski definition) is 4. The lowest BCUT2D eigenvalue weighted by atomic mass is 10.2. The van der Waals surface area contributed by atoms with Gasteiger partial charge in [0.2, 0.25) is 0 Å². The normalized spacial score (nSPS) is 51.5. The molecular formula is C6H13NO3S. The van der Waals surface area contributed by atoms with Crippen LogP contribution in [0.3, 0.4) is 0 Å². The standard InChI is InChI=1S/C6H13NO3S/c1-11-6-4(9)2(7)3(8)5(6)10/h2-6,8-10H,7H2,1H3/t2-,3-,4-,5-,6+/m1/s1. The molecule has 4 nitrogen and oxygen atoms in total. The number of hydrogen-bond acceptors (Lipinski definition) is 5. The first-order valence-electron chi connectivity index (χ1n) is 3.42. The zero-order valence-electron chi connectivity index (χ0n) is 6.21. The number of aliphatic hydroxyl groups is 3. The van der Waals surface area contributed by atoms with E-state index in [-0.39, 0.29) is 5.25 Å². The Morgan fingerprint density at radius 3 is 1.82 bits per heavy atom. The molecule has 0 aromatic rings. The predicted molar refractivity (Wildman–Crippen MR) is 43.3 cm³/mol. The fraction of sp³-hybridized carbons (Fsp3) is 1.00. The highest BCUT2D eigenvalue weighted by Crippen LogP contribution is 2.28. The Kier molecular flexibility index (Phi) is 2.77. The summed E-state index contributed by atoms with van der Waals surface area (Å²) in [4.78, 5) is 0. The molecule has 0 heterocycles. The van der Waals surface area contributed by atoms with Gasteiger partial charge in [-0.3, -0.25) is 0 Å². The number of nitrogens with two attached hydrogens (primary N) is 1. The van der Waals surface area contributed by atoms with E-state index in [1.807, 2.05) is 0 Å². The third-order valence-corrected chi connectivity index (χ3v) is 3.19. The van der Waals surface area contributed by atoms with E-state index in [4.69, 9.17) is 5.73 Å². The molecular weight excluding hydrogens is 166 g/mol. The first-order chi connectivity index (χ1) is 5.09. The van der Waals surface area contributed by atoms with Crippen molar-refractivity contribution in [3.63, 3.8) is 0 Å². The molecule has 5 atom stereocenters. The van der Waals surface area contributed by atoms with E-state index in [9.17, 15) is 15.3 Å². The van der Waals surface area contributed by atoms with Crippen molar-refractivity contribution in [2.24, 2.45) is 5.73 Å². The molecule has 0 unspecified atom stereocenters. The largest absolute Gasteiger partial charge is 0.390 e. The summed E-state index contributed by atoms with van der Waals surface area (Å²) in [5.74, 6) is 0. The van der Waals surface area contributed by atoms with Gasteiger partial charge in [-0.25, -0.2) is 0 Å². The van der Waals surface area contributed by atoms with E-state index in [1.54, 1.807) is 6.26 Å². The molecule has 5 heteroatoms. The molecule has 0 amide bonds. The van der Waals surface area contributed by atoms with Crippen LogP contribution in [0.15, 0.2) is 0 Å². The molecule has 0 aliphatic heterocycles. The third-order valence-electron chi connectivity index (χ3n) is 2.08. The number of aliphatic hydroxyl groups excluding tert-OH is 3. The zero-order valence-corrected chi connectivity index (χ0v) is 7.03. The molecule has 0 saturated heterocycles. The van der Waals surface area contributed by atoms with Gasteiger partial charge in [-0.05, 0) is 6.26 Å². The highest BCUT2D eigenvalue weighted by Gasteiger charge is 2.46. The Morgan fingerprint density at radius 1 is 1.09 bits per heavy atom. The summed E-state index contributed by atoms with van der Waals surface area (Å²) >= 11 is 1.32. The van der Waals surface area contributed by atoms with Crippen molar-refractivity contribution < 1.29 is 15.3 Å². The van der Waals surface area contributed by atoms with Crippen LogP contribution in [0.5, 0.6) is 0 Å². The third kappa shape index (κ3) is 1.39. The van der Waals surface area contributed by atoms with Gasteiger partial charge in [-0.1, -0.05) is 0 Å². The van der Waals surface area contributed by atoms with Crippen molar-refractivity contribution in [1.82, 2.24) is 0 Å². The van der Waals surface area contributed by atoms with Crippen LogP contribution in [0.1, 0.15) is 0 Å². The molecule has 1 aliphatic carbocycles. The van der Waals surface area contributed by atoms with Crippen LogP contribution in [-0.2, 0) is 0 Å². The van der Waals surface area contributed by atoms with Gasteiger partial charge in [-0.2, -0.15) is 11.8 Å². The van der Waals surface area contributed by atoms with E-state index < -0.39 is 24.4 Å². The van der Waals surface area contributed by atoms with E-state index >= 15 is 0 Å². The summed E-state index contributed by atoms with van der Waals surface area (Å²) < 4.78 is 0. The summed E-state index contributed by atoms with van der Waals surface area (Å²) in [5, 5.41) is 27.4. The van der Waals surface area contributed by atoms with Crippen molar-refractivity contribution in [2.75, 3.05) is 6.26 Å². The molecule has 1 aliphatic rings. The summed E-state index contributed by atoms with van der Waals surface area (Å²) in [6.45, 7) is 0. The van der Waals surface area contributed by atoms with Gasteiger partial charge in [0, 0.05) is 0 Å². The second-order valence-electron chi connectivity index (χ2n) is 2.75. The average Bonchev–Trinajstić information content (AvgIpc) is 2.17. The zero-order chi connectivity index (χ0) is 8.59. The van der Waals surface area contributed by atoms with Crippen LogP contribution >= 0.6 is 11.8 Å². The molecule has 66 valence electrons. The van der Waals surface area contributed by atoms with E-state index in [0.29, 0.717) is 0 Å². The van der Waals surface area contributed by atoms with E-state index in [1.165, 1.54) is 11.8 Å². The first-order valence-corrected chi connectivity index (χ1v) is 4.71. The predicted octanol–water partition coefficient (Wildman–Crippen LogP) is -1.86. The highest BCUT2D eigenvalue weighted by atomic mass is 32.2. The molecule has 0 spiro atoms. The average molecular weight is 179 g/mol. The molecule has 1 rings (SSSR count). The van der Waals surface area contributed by atoms with Gasteiger partial charge in [0.15, 0.2) is 0 Å². The minimum absolute atomic E-state index is 0.361. The fourth-order valence-corrected chi connectivity index (χ4v) is 2.22. The Hall–Kier alpha value is 0.190. The van der Waals surface area contributed by atoms with Crippen molar-refractivity contribution in [3.05, 3.63) is 0 Å². The lowest BCUT2D eigenvalue weighted by Crippen LogP contribution is -2.40. The molecule has 0 aromatic carbocycles. The second-order valence-corrected chi connectivity index (χ2v) is 3.77. The van der Waals surface area contributed by atoms with Gasteiger partial charge in [0.1, 0.15) is 0 Å². The summed E-state index contributed by atoms with van der Waals surface area (Å²) in [6, 6.07) is -0.720. The quantitative estimate of drug-likeness (QED) is 0.379. The van der Waals surface area contributed by atoms with Crippen LogP contribution in [0, 0.1) is 0 Å². The molecule has 1 fully saturated rings. The SMILES string of the molecule is CS[C@H]1[C@H](O)[C@H](N)[C@@H](O)[C@H]1O. The van der Waals surface area contributed by atoms with Gasteiger partial charge in [-0.15, -0.1) is 0 Å². The lowest BCUT2D eigenvalue weighted by Gasteiger charge is -2.14. The Balaban J connectivity index is 2.69. The fourth-order valence-electron chi connectivity index (χ4n) is 1.32. The van der Waals surface area contributed by atoms with Crippen LogP contribution < -0.4 is 5.73 Å². The van der Waals surface area contributed by atoms with Crippen molar-refractivity contribution in [2.45, 2.75) is 29.6 Å². The van der Waals surface area contributed by atoms with E-state index in [2.05, 4.69) is 0 Å². The maximum Gasteiger partial charge on any atom is 0.0987 e. The van der Waals surface area contributed by atoms with Crippen LogP contribution in [0.2, 0.25) is 0 Å². The number of thioether (sulfide) groups is 1. The minimum atomic E-state index is -0.998. The minimum Gasteiger partial charge on any atom is -0.390 e. The smallest absolute Gasteiger partial charge is 0.0987 e. The van der Waals surface area contributed by atoms with Gasteiger partial charge in [0.05, 0.1) is 29.6 Å². The van der Waals surface area contributed by atoms with Crippen molar-refractivity contribution >= 4 is 11.8 Å². The van der Waals surface area contributed by atoms with Gasteiger partial charge < -0.3 is 21.1 Å². The maximum atomic E-state index is 9.33. The molecule has 11 heavy (non-hydrogen) atoms. The van der Waals surface area contributed by atoms with Crippen LogP contribution in [-0.4, -0.2) is 51.2 Å². The van der Waals surface area contributed by atoms with Crippen LogP contribution in [0.4, 0.5) is 0 Å². The van der Waals surface area contributed by atoms with Crippen LogP contribution in [0.25, 0.3) is 0 Å². The topological polar surface area (TPSA) is 86.7 Å². The Labute approximate surface area is 69.4 Å². The van der Waals surface area contributed by atoms with E-state index in [0.717, 1.165) is 0 Å². The lowest BCUT2D eigenvalue weighted by molar-refractivity contribution is 0.0373. The summed E-state index contributed by atoms with van der Waals surface area (Å²) in [6.07, 6.45) is -0.950. The van der Waals surface area contributed by atoms with Crippen molar-refractivity contribution in [3.8, 4) is 0 Å². The van der Waals surface area contributed by atoms with Gasteiger partial charge in [0.25, 0.3) is 0 Å². The summed E-state index contributed by atoms with van der Waals surface area (Å²) in [7, 11) is 0. The summed E-state index contributed by atoms with van der Waals surface area (Å²) in [5.41, 5.74) is 5.40. The van der Waals surface area contributed by atoms with Crippen molar-refractivity contribution in [1.29, 1.82) is 0 Å². The highest BCUT2D eigenvalue weighted by molar-refractivity contribution is 7.99. The molecule has 1 saturated carbocycles. The Bertz CT molecular complexity index is 132. The monoisotopic (exact) mass is 179 g/mol. The van der Waals surface area contributed by atoms with Gasteiger partial charge >= 0.3 is 0 Å². The maximum absolute atomic E-state index is 9.33. The second kappa shape index (κ2) is 3.28. The number of rotatable bonds is 1. The molecule has 0 aromatic heterocycles. The molecule has 0 radical (unpaired) electrons. The molecule has 5 N–H and O–H groups in total. The Morgan fingerprint density at radius 2 is 1.64 bits per heavy atom.